The molecule has 1 aromatic rings. The summed E-state index contributed by atoms with van der Waals surface area (Å²) in [6.45, 7) is 5.46. The molecule has 5 heteroatoms. The molecule has 0 spiro atoms. The van der Waals surface area contributed by atoms with E-state index in [2.05, 4.69) is 10.1 Å². The molecule has 5 nitrogen and oxygen atoms in total. The number of carbonyl (C=O) groups excluding carboxylic acids is 1. The second-order valence-corrected chi connectivity index (χ2v) is 4.07. The van der Waals surface area contributed by atoms with E-state index >= 15 is 0 Å². The zero-order chi connectivity index (χ0) is 11.3. The first kappa shape index (κ1) is 11.7. The van der Waals surface area contributed by atoms with Gasteiger partial charge >= 0.3 is 0 Å². The average Bonchev–Trinajstić information content (AvgIpc) is 2.65. The predicted octanol–water partition coefficient (Wildman–Crippen LogP) is 0.783. The molecule has 0 aromatic carbocycles. The van der Waals surface area contributed by atoms with E-state index in [-0.39, 0.29) is 5.91 Å². The highest BCUT2D eigenvalue weighted by atomic mass is 16.2. The lowest BCUT2D eigenvalue weighted by atomic mass is 10.1. The Morgan fingerprint density at radius 3 is 2.80 bits per heavy atom. The van der Waals surface area contributed by atoms with Gasteiger partial charge in [-0.3, -0.25) is 9.48 Å². The van der Waals surface area contributed by atoms with Gasteiger partial charge in [0.25, 0.3) is 0 Å². The fourth-order valence-corrected chi connectivity index (χ4v) is 1.23. The normalized spacial score (nSPS) is 10.7. The van der Waals surface area contributed by atoms with Crippen molar-refractivity contribution in [3.05, 3.63) is 12.7 Å². The summed E-state index contributed by atoms with van der Waals surface area (Å²) >= 11 is 0. The topological polar surface area (TPSA) is 51.0 Å². The molecule has 15 heavy (non-hydrogen) atoms. The van der Waals surface area contributed by atoms with Crippen molar-refractivity contribution in [3.8, 4) is 0 Å². The molecule has 0 unspecified atom stereocenters. The fraction of sp³-hybridized carbons (Fsp3) is 0.700. The number of carbonyl (C=O) groups is 1. The summed E-state index contributed by atoms with van der Waals surface area (Å²) in [6, 6.07) is 0. The summed E-state index contributed by atoms with van der Waals surface area (Å²) < 4.78 is 1.72. The van der Waals surface area contributed by atoms with Gasteiger partial charge in [0, 0.05) is 20.0 Å². The lowest BCUT2D eigenvalue weighted by Crippen LogP contribution is -2.30. The van der Waals surface area contributed by atoms with Crippen molar-refractivity contribution < 1.29 is 4.79 Å². The SMILES string of the molecule is CC(C)CC(=O)N(C)CCn1cncn1. The first-order chi connectivity index (χ1) is 7.09. The van der Waals surface area contributed by atoms with Crippen LogP contribution in [-0.2, 0) is 11.3 Å². The Hall–Kier alpha value is -1.39. The van der Waals surface area contributed by atoms with Crippen LogP contribution in [0.2, 0.25) is 0 Å². The monoisotopic (exact) mass is 210 g/mol. The molecule has 1 aromatic heterocycles. The van der Waals surface area contributed by atoms with Crippen molar-refractivity contribution in [2.45, 2.75) is 26.8 Å². The van der Waals surface area contributed by atoms with Gasteiger partial charge in [0.2, 0.25) is 5.91 Å². The summed E-state index contributed by atoms with van der Waals surface area (Å²) in [5, 5.41) is 3.98. The molecule has 0 N–H and O–H groups in total. The van der Waals surface area contributed by atoms with Crippen LogP contribution in [0.4, 0.5) is 0 Å². The minimum atomic E-state index is 0.185. The van der Waals surface area contributed by atoms with E-state index in [0.717, 1.165) is 0 Å². The van der Waals surface area contributed by atoms with E-state index in [1.807, 2.05) is 20.9 Å². The van der Waals surface area contributed by atoms with E-state index in [1.165, 1.54) is 6.33 Å². The van der Waals surface area contributed by atoms with Crippen LogP contribution in [-0.4, -0.2) is 39.2 Å². The van der Waals surface area contributed by atoms with Gasteiger partial charge in [0.05, 0.1) is 6.54 Å². The van der Waals surface area contributed by atoms with Gasteiger partial charge in [0.15, 0.2) is 0 Å². The van der Waals surface area contributed by atoms with Crippen LogP contribution < -0.4 is 0 Å². The Balaban J connectivity index is 2.29. The molecule has 84 valence electrons. The van der Waals surface area contributed by atoms with Gasteiger partial charge in [-0.15, -0.1) is 0 Å². The largest absolute Gasteiger partial charge is 0.344 e. The van der Waals surface area contributed by atoms with Crippen LogP contribution in [0.1, 0.15) is 20.3 Å². The zero-order valence-electron chi connectivity index (χ0n) is 9.55. The highest BCUT2D eigenvalue weighted by Crippen LogP contribution is 2.02. The fourth-order valence-electron chi connectivity index (χ4n) is 1.23. The highest BCUT2D eigenvalue weighted by Gasteiger charge is 2.10. The van der Waals surface area contributed by atoms with E-state index in [1.54, 1.807) is 15.9 Å². The lowest BCUT2D eigenvalue weighted by Gasteiger charge is -2.17. The van der Waals surface area contributed by atoms with Crippen LogP contribution >= 0.6 is 0 Å². The van der Waals surface area contributed by atoms with Crippen molar-refractivity contribution in [1.82, 2.24) is 19.7 Å². The number of hydrogen-bond donors (Lipinski definition) is 0. The smallest absolute Gasteiger partial charge is 0.222 e. The standard InChI is InChI=1S/C10H18N4O/c1-9(2)6-10(15)13(3)4-5-14-8-11-7-12-14/h7-9H,4-6H2,1-3H3. The first-order valence-electron chi connectivity index (χ1n) is 5.16. The molecular weight excluding hydrogens is 192 g/mol. The Morgan fingerprint density at radius 1 is 1.53 bits per heavy atom. The van der Waals surface area contributed by atoms with Crippen molar-refractivity contribution >= 4 is 5.91 Å². The first-order valence-corrected chi connectivity index (χ1v) is 5.16. The molecule has 0 aliphatic carbocycles. The molecule has 0 aliphatic rings. The van der Waals surface area contributed by atoms with Gasteiger partial charge in [-0.1, -0.05) is 13.8 Å². The van der Waals surface area contributed by atoms with E-state index in [0.29, 0.717) is 25.4 Å². The molecule has 0 saturated heterocycles. The quantitative estimate of drug-likeness (QED) is 0.721. The molecule has 1 rings (SSSR count). The van der Waals surface area contributed by atoms with E-state index < -0.39 is 0 Å². The summed E-state index contributed by atoms with van der Waals surface area (Å²) in [5.41, 5.74) is 0. The minimum absolute atomic E-state index is 0.185. The van der Waals surface area contributed by atoms with E-state index in [9.17, 15) is 4.79 Å². The summed E-state index contributed by atoms with van der Waals surface area (Å²) in [7, 11) is 1.82. The average molecular weight is 210 g/mol. The number of likely N-dealkylation sites (N-methyl/N-ethyl adjacent to an activating group) is 1. The lowest BCUT2D eigenvalue weighted by molar-refractivity contribution is -0.130. The third-order valence-corrected chi connectivity index (χ3v) is 2.14. The second-order valence-electron chi connectivity index (χ2n) is 4.07. The van der Waals surface area contributed by atoms with Crippen LogP contribution in [0.3, 0.4) is 0 Å². The maximum atomic E-state index is 11.6. The maximum absolute atomic E-state index is 11.6. The Morgan fingerprint density at radius 2 is 2.27 bits per heavy atom. The predicted molar refractivity (Wildman–Crippen MR) is 57.1 cm³/mol. The number of amides is 1. The molecule has 0 bridgehead atoms. The van der Waals surface area contributed by atoms with E-state index in [4.69, 9.17) is 0 Å². The van der Waals surface area contributed by atoms with Crippen molar-refractivity contribution in [1.29, 1.82) is 0 Å². The van der Waals surface area contributed by atoms with Gasteiger partial charge < -0.3 is 4.90 Å². The number of aromatic nitrogens is 3. The number of rotatable bonds is 5. The third kappa shape index (κ3) is 4.10. The number of hydrogen-bond acceptors (Lipinski definition) is 3. The molecule has 1 amide bonds. The second kappa shape index (κ2) is 5.48. The Labute approximate surface area is 90.1 Å². The summed E-state index contributed by atoms with van der Waals surface area (Å²) in [6.07, 6.45) is 3.75. The Bertz CT molecular complexity index is 294. The third-order valence-electron chi connectivity index (χ3n) is 2.14. The van der Waals surface area contributed by atoms with Crippen molar-refractivity contribution in [3.63, 3.8) is 0 Å². The summed E-state index contributed by atoms with van der Waals surface area (Å²) in [5.74, 6) is 0.594. The highest BCUT2D eigenvalue weighted by molar-refractivity contribution is 5.75. The van der Waals surface area contributed by atoms with Gasteiger partial charge in [-0.2, -0.15) is 5.10 Å². The van der Waals surface area contributed by atoms with Crippen LogP contribution in [0.15, 0.2) is 12.7 Å². The van der Waals surface area contributed by atoms with Crippen LogP contribution in [0.25, 0.3) is 0 Å². The van der Waals surface area contributed by atoms with Gasteiger partial charge in [-0.25, -0.2) is 4.98 Å². The Kier molecular flexibility index (Phi) is 4.27. The maximum Gasteiger partial charge on any atom is 0.222 e. The molecule has 0 atom stereocenters. The minimum Gasteiger partial charge on any atom is -0.344 e. The van der Waals surface area contributed by atoms with Gasteiger partial charge in [-0.05, 0) is 5.92 Å². The van der Waals surface area contributed by atoms with Crippen LogP contribution in [0, 0.1) is 5.92 Å². The molecule has 0 radical (unpaired) electrons. The van der Waals surface area contributed by atoms with Crippen molar-refractivity contribution in [2.24, 2.45) is 5.92 Å². The molecule has 1 heterocycles. The number of nitrogens with zero attached hydrogens (tertiary/aromatic N) is 4. The molecule has 0 saturated carbocycles. The molecule has 0 aliphatic heterocycles. The molecule has 0 fully saturated rings. The zero-order valence-corrected chi connectivity index (χ0v) is 9.55. The summed E-state index contributed by atoms with van der Waals surface area (Å²) in [4.78, 5) is 17.2. The van der Waals surface area contributed by atoms with Gasteiger partial charge in [0.1, 0.15) is 12.7 Å². The molecular formula is C10H18N4O. The van der Waals surface area contributed by atoms with Crippen molar-refractivity contribution in [2.75, 3.05) is 13.6 Å². The van der Waals surface area contributed by atoms with Crippen LogP contribution in [0.5, 0.6) is 0 Å².